The summed E-state index contributed by atoms with van der Waals surface area (Å²) in [5.74, 6) is 0. The van der Waals surface area contributed by atoms with Gasteiger partial charge in [0.25, 0.3) is 0 Å². The van der Waals surface area contributed by atoms with E-state index >= 15 is 0 Å². The van der Waals surface area contributed by atoms with Gasteiger partial charge in [-0.25, -0.2) is 0 Å². The molecule has 0 aromatic carbocycles. The first-order valence-electron chi connectivity index (χ1n) is 1.25. The number of aliphatic hydroxyl groups is 4. The van der Waals surface area contributed by atoms with Gasteiger partial charge in [0.1, 0.15) is 0 Å². The summed E-state index contributed by atoms with van der Waals surface area (Å²) in [6.45, 7) is 0. The molecule has 0 aliphatic carbocycles. The molecule has 0 bridgehead atoms. The van der Waals surface area contributed by atoms with Crippen molar-refractivity contribution in [3.8, 4) is 0 Å². The molecular weight excluding hydrogens is 88.0 g/mol. The Kier molecular flexibility index (Phi) is 2.04. The monoisotopic (exact) mass is 93.0 g/mol. The Morgan fingerprint density at radius 3 is 1.33 bits per heavy atom. The second kappa shape index (κ2) is 2.09. The van der Waals surface area contributed by atoms with Crippen LogP contribution < -0.4 is 0 Å². The average Bonchev–Trinajstić information content (AvgIpc) is 1.36. The molecule has 0 atom stereocenters. The molecule has 0 unspecified atom stereocenters. The smallest absolute Gasteiger partial charge is 0.0760 e. The van der Waals surface area contributed by atoms with Crippen molar-refractivity contribution in [2.45, 2.75) is 6.29 Å². The first-order valence-corrected chi connectivity index (χ1v) is 1.25. The Bertz CT molecular complexity index is 26.5. The van der Waals surface area contributed by atoms with Crippen LogP contribution in [0.1, 0.15) is 0 Å². The van der Waals surface area contributed by atoms with Crippen LogP contribution in [0.5, 0.6) is 0 Å². The lowest BCUT2D eigenvalue weighted by molar-refractivity contribution is -0.133. The van der Waals surface area contributed by atoms with Crippen LogP contribution in [0, 0.1) is 6.29 Å². The van der Waals surface area contributed by atoms with Crippen molar-refractivity contribution >= 4 is 0 Å². The van der Waals surface area contributed by atoms with Gasteiger partial charge in [-0.3, -0.25) is 0 Å². The van der Waals surface area contributed by atoms with Crippen molar-refractivity contribution in [3.05, 3.63) is 6.29 Å². The Morgan fingerprint density at radius 2 is 1.33 bits per heavy atom. The molecule has 0 rings (SSSR count). The van der Waals surface area contributed by atoms with E-state index < -0.39 is 12.6 Å². The van der Waals surface area contributed by atoms with E-state index in [1.54, 1.807) is 0 Å². The van der Waals surface area contributed by atoms with E-state index in [9.17, 15) is 0 Å². The Labute approximate surface area is 34.3 Å². The molecule has 0 fully saturated rings. The molecule has 4 heteroatoms. The fourth-order valence-corrected chi connectivity index (χ4v) is 0. The highest BCUT2D eigenvalue weighted by molar-refractivity contribution is 4.56. The number of rotatable bonds is 1. The van der Waals surface area contributed by atoms with Gasteiger partial charge < -0.3 is 20.4 Å². The zero-order chi connectivity index (χ0) is 5.15. The zero-order valence-corrected chi connectivity index (χ0v) is 2.87. The minimum Gasteiger partial charge on any atom is -0.531 e. The van der Waals surface area contributed by atoms with Gasteiger partial charge in [0.15, 0.2) is 0 Å². The highest BCUT2D eigenvalue weighted by Gasteiger charge is 1.88. The van der Waals surface area contributed by atoms with Crippen molar-refractivity contribution < 1.29 is 20.4 Å². The van der Waals surface area contributed by atoms with E-state index in [0.717, 1.165) is 0 Å². The van der Waals surface area contributed by atoms with Crippen molar-refractivity contribution in [2.24, 2.45) is 0 Å². The number of hydrogen-bond donors (Lipinski definition) is 4. The first kappa shape index (κ1) is 5.84. The summed E-state index contributed by atoms with van der Waals surface area (Å²) in [4.78, 5) is 0. The van der Waals surface area contributed by atoms with Crippen LogP contribution in [-0.2, 0) is 0 Å². The fourth-order valence-electron chi connectivity index (χ4n) is 0. The number of aliphatic hydroxyl groups excluding tert-OH is 2. The van der Waals surface area contributed by atoms with E-state index in [1.807, 2.05) is 0 Å². The first-order chi connectivity index (χ1) is 2.64. The molecular formula is C2H5O4-. The molecule has 38 valence electrons. The standard InChI is InChI=1S/C2H5O4/c3-1(4)2(5)6/h1,3-6H/q-1. The summed E-state index contributed by atoms with van der Waals surface area (Å²) in [5, 5.41) is 30.5. The van der Waals surface area contributed by atoms with Gasteiger partial charge in [0, 0.05) is 0 Å². The lowest BCUT2D eigenvalue weighted by Crippen LogP contribution is -2.15. The molecule has 0 aromatic rings. The number of hydrogen-bond acceptors (Lipinski definition) is 4. The summed E-state index contributed by atoms with van der Waals surface area (Å²) < 4.78 is 0. The minimum atomic E-state index is -2.12. The maximum atomic E-state index is 7.65. The fraction of sp³-hybridized carbons (Fsp3) is 0.500. The van der Waals surface area contributed by atoms with Gasteiger partial charge in [-0.1, -0.05) is 0 Å². The summed E-state index contributed by atoms with van der Waals surface area (Å²) in [6, 6.07) is 0. The summed E-state index contributed by atoms with van der Waals surface area (Å²) in [7, 11) is 0. The van der Waals surface area contributed by atoms with Gasteiger partial charge in [-0.2, -0.15) is 0 Å². The molecule has 0 amide bonds. The third-order valence-corrected chi connectivity index (χ3v) is 0.231. The van der Waals surface area contributed by atoms with Crippen molar-refractivity contribution in [3.63, 3.8) is 0 Å². The van der Waals surface area contributed by atoms with Crippen LogP contribution in [0.4, 0.5) is 0 Å². The molecule has 0 saturated heterocycles. The molecule has 0 aliphatic heterocycles. The van der Waals surface area contributed by atoms with Gasteiger partial charge in [-0.15, -0.1) is 0 Å². The molecule has 6 heavy (non-hydrogen) atoms. The van der Waals surface area contributed by atoms with Gasteiger partial charge in [0.2, 0.25) is 0 Å². The normalized spacial score (nSPS) is 11.0. The van der Waals surface area contributed by atoms with Crippen LogP contribution in [0.15, 0.2) is 0 Å². The van der Waals surface area contributed by atoms with E-state index in [2.05, 4.69) is 0 Å². The van der Waals surface area contributed by atoms with Crippen molar-refractivity contribution in [1.82, 2.24) is 0 Å². The lowest BCUT2D eigenvalue weighted by atomic mass is 10.6. The molecule has 4 N–H and O–H groups in total. The van der Waals surface area contributed by atoms with E-state index in [0.29, 0.717) is 0 Å². The topological polar surface area (TPSA) is 80.9 Å². The molecule has 0 aromatic heterocycles. The maximum Gasteiger partial charge on any atom is 0.0760 e. The third kappa shape index (κ3) is 2.10. The van der Waals surface area contributed by atoms with Crippen LogP contribution in [0.25, 0.3) is 0 Å². The highest BCUT2D eigenvalue weighted by atomic mass is 16.6. The van der Waals surface area contributed by atoms with Gasteiger partial charge in [0.05, 0.1) is 6.29 Å². The van der Waals surface area contributed by atoms with Crippen LogP contribution >= 0.6 is 0 Å². The predicted molar refractivity (Wildman–Crippen MR) is 15.3 cm³/mol. The molecule has 0 radical (unpaired) electrons. The largest absolute Gasteiger partial charge is 0.531 e. The zero-order valence-electron chi connectivity index (χ0n) is 2.87. The average molecular weight is 93.1 g/mol. The highest BCUT2D eigenvalue weighted by Crippen LogP contribution is 1.88. The molecule has 0 aliphatic rings. The lowest BCUT2D eigenvalue weighted by Gasteiger charge is -2.16. The van der Waals surface area contributed by atoms with Crippen LogP contribution in [-0.4, -0.2) is 26.7 Å². The third-order valence-electron chi connectivity index (χ3n) is 0.231. The Hall–Kier alpha value is -0.160. The Morgan fingerprint density at radius 1 is 1.17 bits per heavy atom. The molecule has 0 heterocycles. The quantitative estimate of drug-likeness (QED) is 0.236. The molecule has 4 nitrogen and oxygen atoms in total. The second-order valence-electron chi connectivity index (χ2n) is 0.732. The molecule has 0 spiro atoms. The van der Waals surface area contributed by atoms with Gasteiger partial charge >= 0.3 is 0 Å². The maximum absolute atomic E-state index is 7.65. The van der Waals surface area contributed by atoms with Crippen LogP contribution in [0.2, 0.25) is 0 Å². The second-order valence-corrected chi connectivity index (χ2v) is 0.732. The van der Waals surface area contributed by atoms with Crippen molar-refractivity contribution in [2.75, 3.05) is 0 Å². The SMILES string of the molecule is O[C-](O)C(O)O. The van der Waals surface area contributed by atoms with E-state index in [1.165, 1.54) is 0 Å². The van der Waals surface area contributed by atoms with E-state index in [-0.39, 0.29) is 0 Å². The minimum absolute atomic E-state index is 1.38. The molecule has 0 saturated carbocycles. The van der Waals surface area contributed by atoms with E-state index in [4.69, 9.17) is 20.4 Å². The predicted octanol–water partition coefficient (Wildman–Crippen LogP) is -1.47. The van der Waals surface area contributed by atoms with Crippen LogP contribution in [0.3, 0.4) is 0 Å². The summed E-state index contributed by atoms with van der Waals surface area (Å²) in [6.07, 6.45) is -3.50. The van der Waals surface area contributed by atoms with Crippen molar-refractivity contribution in [1.29, 1.82) is 0 Å². The van der Waals surface area contributed by atoms with Gasteiger partial charge in [-0.05, 0) is 6.29 Å². The summed E-state index contributed by atoms with van der Waals surface area (Å²) >= 11 is 0. The Balaban J connectivity index is 2.99. The summed E-state index contributed by atoms with van der Waals surface area (Å²) in [5.41, 5.74) is 0.